The van der Waals surface area contributed by atoms with E-state index in [2.05, 4.69) is 57.3 Å². The molecule has 1 rings (SSSR count). The van der Waals surface area contributed by atoms with Crippen LogP contribution in [0.5, 0.6) is 0 Å². The summed E-state index contributed by atoms with van der Waals surface area (Å²) in [5.74, 6) is 0.715. The summed E-state index contributed by atoms with van der Waals surface area (Å²) in [5, 5.41) is 8.05. The standard InChI is InChI=1S/C13H25N3/c1-6-11(4)12(5)14-9-13-7-8-16(15-13)10(2)3/h7-8,10-12,14H,6,9H2,1-5H3. The zero-order valence-corrected chi connectivity index (χ0v) is 11.2. The molecule has 92 valence electrons. The van der Waals surface area contributed by atoms with Crippen LogP contribution < -0.4 is 5.32 Å². The van der Waals surface area contributed by atoms with Crippen molar-refractivity contribution in [3.63, 3.8) is 0 Å². The summed E-state index contributed by atoms with van der Waals surface area (Å²) in [6.45, 7) is 11.9. The second-order valence-corrected chi connectivity index (χ2v) is 4.94. The lowest BCUT2D eigenvalue weighted by Crippen LogP contribution is -2.31. The Labute approximate surface area is 99.2 Å². The first kappa shape index (κ1) is 13.2. The molecule has 0 radical (unpaired) electrons. The molecule has 0 amide bonds. The predicted molar refractivity (Wildman–Crippen MR) is 68.4 cm³/mol. The average molecular weight is 223 g/mol. The van der Waals surface area contributed by atoms with Gasteiger partial charge in [0.25, 0.3) is 0 Å². The molecule has 0 spiro atoms. The van der Waals surface area contributed by atoms with Gasteiger partial charge in [0, 0.05) is 24.8 Å². The molecule has 1 aromatic rings. The largest absolute Gasteiger partial charge is 0.308 e. The summed E-state index contributed by atoms with van der Waals surface area (Å²) < 4.78 is 2.00. The Bertz CT molecular complexity index is 304. The molecule has 1 N–H and O–H groups in total. The van der Waals surface area contributed by atoms with Crippen molar-refractivity contribution in [3.8, 4) is 0 Å². The number of aromatic nitrogens is 2. The van der Waals surface area contributed by atoms with E-state index >= 15 is 0 Å². The van der Waals surface area contributed by atoms with Crippen molar-refractivity contribution >= 4 is 0 Å². The molecule has 0 fully saturated rings. The molecule has 2 unspecified atom stereocenters. The van der Waals surface area contributed by atoms with Crippen LogP contribution in [0.2, 0.25) is 0 Å². The van der Waals surface area contributed by atoms with Crippen molar-refractivity contribution in [1.82, 2.24) is 15.1 Å². The summed E-state index contributed by atoms with van der Waals surface area (Å²) in [6, 6.07) is 3.09. The molecule has 0 aliphatic heterocycles. The van der Waals surface area contributed by atoms with E-state index in [0.29, 0.717) is 18.0 Å². The second-order valence-electron chi connectivity index (χ2n) is 4.94. The molecule has 0 aromatic carbocycles. The molecule has 3 heteroatoms. The van der Waals surface area contributed by atoms with Gasteiger partial charge in [0.1, 0.15) is 0 Å². The molecule has 3 nitrogen and oxygen atoms in total. The third kappa shape index (κ3) is 3.63. The van der Waals surface area contributed by atoms with Crippen molar-refractivity contribution in [3.05, 3.63) is 18.0 Å². The highest BCUT2D eigenvalue weighted by Gasteiger charge is 2.10. The minimum Gasteiger partial charge on any atom is -0.308 e. The Hall–Kier alpha value is -0.830. The molecule has 0 saturated heterocycles. The van der Waals surface area contributed by atoms with Crippen molar-refractivity contribution in [2.75, 3.05) is 0 Å². The third-order valence-corrected chi connectivity index (χ3v) is 3.30. The first-order valence-electron chi connectivity index (χ1n) is 6.32. The third-order valence-electron chi connectivity index (χ3n) is 3.30. The van der Waals surface area contributed by atoms with Crippen LogP contribution in [0.25, 0.3) is 0 Å². The fourth-order valence-corrected chi connectivity index (χ4v) is 1.58. The molecular formula is C13H25N3. The Morgan fingerprint density at radius 1 is 1.31 bits per heavy atom. The maximum Gasteiger partial charge on any atom is 0.0762 e. The van der Waals surface area contributed by atoms with Crippen molar-refractivity contribution < 1.29 is 0 Å². The lowest BCUT2D eigenvalue weighted by molar-refractivity contribution is 0.386. The van der Waals surface area contributed by atoms with E-state index in [1.807, 2.05) is 4.68 Å². The summed E-state index contributed by atoms with van der Waals surface area (Å²) in [6.07, 6.45) is 3.27. The molecule has 0 bridgehead atoms. The monoisotopic (exact) mass is 223 g/mol. The van der Waals surface area contributed by atoms with Crippen LogP contribution in [0.1, 0.15) is 52.8 Å². The zero-order chi connectivity index (χ0) is 12.1. The lowest BCUT2D eigenvalue weighted by atomic mass is 10.0. The van der Waals surface area contributed by atoms with E-state index in [0.717, 1.165) is 12.2 Å². The van der Waals surface area contributed by atoms with Gasteiger partial charge < -0.3 is 5.32 Å². The molecule has 1 aromatic heterocycles. The van der Waals surface area contributed by atoms with Gasteiger partial charge in [-0.25, -0.2) is 0 Å². The van der Waals surface area contributed by atoms with E-state index in [4.69, 9.17) is 0 Å². The van der Waals surface area contributed by atoms with Crippen LogP contribution in [0.15, 0.2) is 12.3 Å². The van der Waals surface area contributed by atoms with Gasteiger partial charge in [-0.15, -0.1) is 0 Å². The molecule has 0 saturated carbocycles. The Morgan fingerprint density at radius 3 is 2.50 bits per heavy atom. The van der Waals surface area contributed by atoms with Crippen LogP contribution in [-0.4, -0.2) is 15.8 Å². The fourth-order valence-electron chi connectivity index (χ4n) is 1.58. The minimum absolute atomic E-state index is 0.445. The number of hydrogen-bond donors (Lipinski definition) is 1. The zero-order valence-electron chi connectivity index (χ0n) is 11.2. The highest BCUT2D eigenvalue weighted by molar-refractivity contribution is 4.99. The van der Waals surface area contributed by atoms with Gasteiger partial charge in [0.2, 0.25) is 0 Å². The fraction of sp³-hybridized carbons (Fsp3) is 0.769. The number of rotatable bonds is 6. The first-order valence-corrected chi connectivity index (χ1v) is 6.32. The lowest BCUT2D eigenvalue weighted by Gasteiger charge is -2.19. The Balaban J connectivity index is 2.42. The predicted octanol–water partition coefficient (Wildman–Crippen LogP) is 2.99. The van der Waals surface area contributed by atoms with Gasteiger partial charge in [-0.05, 0) is 32.8 Å². The van der Waals surface area contributed by atoms with Crippen LogP contribution in [0.3, 0.4) is 0 Å². The van der Waals surface area contributed by atoms with Gasteiger partial charge in [-0.2, -0.15) is 5.10 Å². The van der Waals surface area contributed by atoms with Gasteiger partial charge in [-0.3, -0.25) is 4.68 Å². The Morgan fingerprint density at radius 2 is 2.00 bits per heavy atom. The summed E-state index contributed by atoms with van der Waals surface area (Å²) in [7, 11) is 0. The van der Waals surface area contributed by atoms with E-state index in [-0.39, 0.29) is 0 Å². The first-order chi connectivity index (χ1) is 7.54. The SMILES string of the molecule is CCC(C)C(C)NCc1ccn(C(C)C)n1. The van der Waals surface area contributed by atoms with Gasteiger partial charge in [0.15, 0.2) is 0 Å². The van der Waals surface area contributed by atoms with E-state index in [9.17, 15) is 0 Å². The number of nitrogens with one attached hydrogen (secondary N) is 1. The van der Waals surface area contributed by atoms with Gasteiger partial charge in [-0.1, -0.05) is 20.3 Å². The van der Waals surface area contributed by atoms with Gasteiger partial charge >= 0.3 is 0 Å². The van der Waals surface area contributed by atoms with Gasteiger partial charge in [0.05, 0.1) is 5.69 Å². The van der Waals surface area contributed by atoms with E-state index in [1.165, 1.54) is 6.42 Å². The topological polar surface area (TPSA) is 29.9 Å². The maximum atomic E-state index is 4.52. The quantitative estimate of drug-likeness (QED) is 0.803. The van der Waals surface area contributed by atoms with Crippen LogP contribution in [-0.2, 0) is 6.54 Å². The van der Waals surface area contributed by atoms with E-state index in [1.54, 1.807) is 0 Å². The van der Waals surface area contributed by atoms with Crippen LogP contribution in [0, 0.1) is 5.92 Å². The van der Waals surface area contributed by atoms with Crippen molar-refractivity contribution in [2.24, 2.45) is 5.92 Å². The normalized spacial score (nSPS) is 15.4. The Kier molecular flexibility index (Phi) is 5.00. The number of nitrogens with zero attached hydrogens (tertiary/aromatic N) is 2. The van der Waals surface area contributed by atoms with Crippen LogP contribution in [0.4, 0.5) is 0 Å². The van der Waals surface area contributed by atoms with Crippen LogP contribution >= 0.6 is 0 Å². The molecular weight excluding hydrogens is 198 g/mol. The van der Waals surface area contributed by atoms with Crippen molar-refractivity contribution in [2.45, 2.75) is 59.7 Å². The highest BCUT2D eigenvalue weighted by atomic mass is 15.3. The molecule has 1 heterocycles. The minimum atomic E-state index is 0.445. The average Bonchev–Trinajstić information content (AvgIpc) is 2.73. The smallest absolute Gasteiger partial charge is 0.0762 e. The molecule has 0 aliphatic rings. The van der Waals surface area contributed by atoms with Crippen molar-refractivity contribution in [1.29, 1.82) is 0 Å². The molecule has 0 aliphatic carbocycles. The summed E-state index contributed by atoms with van der Waals surface area (Å²) in [4.78, 5) is 0. The van der Waals surface area contributed by atoms with E-state index < -0.39 is 0 Å². The molecule has 16 heavy (non-hydrogen) atoms. The number of hydrogen-bond acceptors (Lipinski definition) is 2. The second kappa shape index (κ2) is 6.04. The summed E-state index contributed by atoms with van der Waals surface area (Å²) >= 11 is 0. The molecule has 2 atom stereocenters. The maximum absolute atomic E-state index is 4.52. The summed E-state index contributed by atoms with van der Waals surface area (Å²) in [5.41, 5.74) is 1.13. The highest BCUT2D eigenvalue weighted by Crippen LogP contribution is 2.08.